The molecule has 2 heterocycles. The minimum atomic E-state index is -0.222. The number of rotatable bonds is 5. The first kappa shape index (κ1) is 15.3. The Hall–Kier alpha value is -2.63. The minimum Gasteiger partial charge on any atom is -0.444 e. The zero-order chi connectivity index (χ0) is 16.1. The standard InChI is InChI=1S/C17H20N4O2/c18-15-7-6-13(10-20-15)17-21-14(11-23-17)16(22)19-9-8-12-4-2-1-3-5-12/h4,6-7,10-11H,1-3,5,8-9H2,(H2,18,20)(H,19,22). The number of nitrogens with zero attached hydrogens (tertiary/aromatic N) is 2. The average molecular weight is 312 g/mol. The van der Waals surface area contributed by atoms with Crippen LogP contribution in [0, 0.1) is 0 Å². The molecule has 0 aromatic carbocycles. The Morgan fingerprint density at radius 1 is 1.35 bits per heavy atom. The molecule has 2 aromatic rings. The molecule has 2 aromatic heterocycles. The van der Waals surface area contributed by atoms with Crippen molar-refractivity contribution in [3.05, 3.63) is 41.9 Å². The van der Waals surface area contributed by atoms with Crippen LogP contribution >= 0.6 is 0 Å². The number of hydrogen-bond acceptors (Lipinski definition) is 5. The lowest BCUT2D eigenvalue weighted by Crippen LogP contribution is -2.25. The van der Waals surface area contributed by atoms with Gasteiger partial charge in [0.2, 0.25) is 5.89 Å². The van der Waals surface area contributed by atoms with Crippen molar-refractivity contribution in [2.75, 3.05) is 12.3 Å². The SMILES string of the molecule is Nc1ccc(-c2nc(C(=O)NCCC3=CCCCC3)co2)cn1. The lowest BCUT2D eigenvalue weighted by molar-refractivity contribution is 0.0949. The number of aromatic nitrogens is 2. The number of pyridine rings is 1. The molecular weight excluding hydrogens is 292 g/mol. The summed E-state index contributed by atoms with van der Waals surface area (Å²) in [4.78, 5) is 20.3. The number of hydrogen-bond donors (Lipinski definition) is 2. The highest BCUT2D eigenvalue weighted by molar-refractivity contribution is 5.92. The summed E-state index contributed by atoms with van der Waals surface area (Å²) in [5.41, 5.74) is 7.94. The molecule has 1 aliphatic carbocycles. The molecule has 3 rings (SSSR count). The largest absolute Gasteiger partial charge is 0.444 e. The lowest BCUT2D eigenvalue weighted by Gasteiger charge is -2.12. The van der Waals surface area contributed by atoms with Crippen molar-refractivity contribution in [1.82, 2.24) is 15.3 Å². The van der Waals surface area contributed by atoms with Gasteiger partial charge in [-0.05, 0) is 44.2 Å². The van der Waals surface area contributed by atoms with E-state index in [-0.39, 0.29) is 11.6 Å². The van der Waals surface area contributed by atoms with Gasteiger partial charge in [0.1, 0.15) is 12.1 Å². The summed E-state index contributed by atoms with van der Waals surface area (Å²) in [6.45, 7) is 0.621. The van der Waals surface area contributed by atoms with Crippen molar-refractivity contribution in [3.63, 3.8) is 0 Å². The normalized spacial score (nSPS) is 14.3. The quantitative estimate of drug-likeness (QED) is 0.828. The number of allylic oxidation sites excluding steroid dienone is 1. The molecule has 0 unspecified atom stereocenters. The fraction of sp³-hybridized carbons (Fsp3) is 0.353. The third-order valence-electron chi connectivity index (χ3n) is 3.89. The number of nitrogens with two attached hydrogens (primary N) is 1. The second kappa shape index (κ2) is 7.09. The summed E-state index contributed by atoms with van der Waals surface area (Å²) >= 11 is 0. The highest BCUT2D eigenvalue weighted by Gasteiger charge is 2.13. The van der Waals surface area contributed by atoms with Gasteiger partial charge in [-0.25, -0.2) is 9.97 Å². The molecule has 0 saturated heterocycles. The first-order valence-corrected chi connectivity index (χ1v) is 7.86. The highest BCUT2D eigenvalue weighted by Crippen LogP contribution is 2.20. The molecule has 6 heteroatoms. The van der Waals surface area contributed by atoms with Crippen molar-refractivity contribution < 1.29 is 9.21 Å². The van der Waals surface area contributed by atoms with E-state index in [2.05, 4.69) is 21.4 Å². The summed E-state index contributed by atoms with van der Waals surface area (Å²) in [5, 5.41) is 2.88. The third kappa shape index (κ3) is 3.97. The second-order valence-electron chi connectivity index (χ2n) is 5.62. The van der Waals surface area contributed by atoms with Crippen molar-refractivity contribution >= 4 is 11.7 Å². The molecule has 23 heavy (non-hydrogen) atoms. The van der Waals surface area contributed by atoms with Crippen LogP contribution in [-0.2, 0) is 0 Å². The molecular formula is C17H20N4O2. The van der Waals surface area contributed by atoms with Crippen LogP contribution < -0.4 is 11.1 Å². The zero-order valence-electron chi connectivity index (χ0n) is 12.9. The first-order chi connectivity index (χ1) is 11.2. The van der Waals surface area contributed by atoms with Gasteiger partial charge in [-0.1, -0.05) is 11.6 Å². The number of carbonyl (C=O) groups excluding carboxylic acids is 1. The van der Waals surface area contributed by atoms with E-state index in [1.54, 1.807) is 18.3 Å². The molecule has 120 valence electrons. The fourth-order valence-electron chi connectivity index (χ4n) is 2.60. The summed E-state index contributed by atoms with van der Waals surface area (Å²) in [6, 6.07) is 3.42. The van der Waals surface area contributed by atoms with E-state index in [0.717, 1.165) is 19.3 Å². The molecule has 0 saturated carbocycles. The Bertz CT molecular complexity index is 704. The van der Waals surface area contributed by atoms with Gasteiger partial charge in [-0.15, -0.1) is 0 Å². The van der Waals surface area contributed by atoms with Crippen molar-refractivity contribution in [1.29, 1.82) is 0 Å². The molecule has 0 fully saturated rings. The van der Waals surface area contributed by atoms with Gasteiger partial charge in [-0.2, -0.15) is 0 Å². The highest BCUT2D eigenvalue weighted by atomic mass is 16.3. The summed E-state index contributed by atoms with van der Waals surface area (Å²) < 4.78 is 5.34. The van der Waals surface area contributed by atoms with E-state index in [0.29, 0.717) is 23.8 Å². The van der Waals surface area contributed by atoms with Crippen LogP contribution in [0.1, 0.15) is 42.6 Å². The number of oxazole rings is 1. The van der Waals surface area contributed by atoms with Gasteiger partial charge in [0.25, 0.3) is 5.91 Å². The third-order valence-corrected chi connectivity index (χ3v) is 3.89. The van der Waals surface area contributed by atoms with E-state index in [9.17, 15) is 4.79 Å². The Morgan fingerprint density at radius 3 is 3.00 bits per heavy atom. The maximum absolute atomic E-state index is 12.1. The van der Waals surface area contributed by atoms with Crippen LogP contribution in [0.15, 0.2) is 40.7 Å². The van der Waals surface area contributed by atoms with Gasteiger partial charge in [0.05, 0.1) is 5.56 Å². The van der Waals surface area contributed by atoms with E-state index < -0.39 is 0 Å². The molecule has 1 amide bonds. The maximum Gasteiger partial charge on any atom is 0.273 e. The Labute approximate surface area is 134 Å². The second-order valence-corrected chi connectivity index (χ2v) is 5.62. The Balaban J connectivity index is 1.55. The van der Waals surface area contributed by atoms with Crippen LogP contribution in [0.4, 0.5) is 5.82 Å². The van der Waals surface area contributed by atoms with Crippen molar-refractivity contribution in [3.8, 4) is 11.5 Å². The number of carbonyl (C=O) groups is 1. The van der Waals surface area contributed by atoms with Gasteiger partial charge < -0.3 is 15.5 Å². The molecule has 0 spiro atoms. The fourth-order valence-corrected chi connectivity index (χ4v) is 2.60. The first-order valence-electron chi connectivity index (χ1n) is 7.86. The average Bonchev–Trinajstić information content (AvgIpc) is 3.06. The van der Waals surface area contributed by atoms with Crippen LogP contribution in [0.3, 0.4) is 0 Å². The predicted octanol–water partition coefficient (Wildman–Crippen LogP) is 2.94. The molecule has 0 radical (unpaired) electrons. The molecule has 0 bridgehead atoms. The molecule has 0 aliphatic heterocycles. The van der Waals surface area contributed by atoms with Crippen LogP contribution in [0.5, 0.6) is 0 Å². The van der Waals surface area contributed by atoms with Crippen molar-refractivity contribution in [2.24, 2.45) is 0 Å². The molecule has 6 nitrogen and oxygen atoms in total. The lowest BCUT2D eigenvalue weighted by atomic mass is 9.97. The topological polar surface area (TPSA) is 94.0 Å². The van der Waals surface area contributed by atoms with E-state index >= 15 is 0 Å². The van der Waals surface area contributed by atoms with E-state index in [1.165, 1.54) is 24.7 Å². The number of amides is 1. The molecule has 3 N–H and O–H groups in total. The zero-order valence-corrected chi connectivity index (χ0v) is 12.9. The number of nitrogens with one attached hydrogen (secondary N) is 1. The van der Waals surface area contributed by atoms with Gasteiger partial charge in [0, 0.05) is 12.7 Å². The number of anilines is 1. The molecule has 0 atom stereocenters. The van der Waals surface area contributed by atoms with Crippen LogP contribution in [0.2, 0.25) is 0 Å². The van der Waals surface area contributed by atoms with Gasteiger partial charge in [-0.3, -0.25) is 4.79 Å². The predicted molar refractivity (Wildman–Crippen MR) is 87.6 cm³/mol. The Kier molecular flexibility index (Phi) is 4.71. The smallest absolute Gasteiger partial charge is 0.273 e. The van der Waals surface area contributed by atoms with Crippen molar-refractivity contribution in [2.45, 2.75) is 32.1 Å². The Morgan fingerprint density at radius 2 is 2.26 bits per heavy atom. The van der Waals surface area contributed by atoms with Crippen LogP contribution in [-0.4, -0.2) is 22.4 Å². The van der Waals surface area contributed by atoms with Gasteiger partial charge in [0.15, 0.2) is 5.69 Å². The monoisotopic (exact) mass is 312 g/mol. The maximum atomic E-state index is 12.1. The summed E-state index contributed by atoms with van der Waals surface area (Å²) in [6.07, 6.45) is 11.0. The van der Waals surface area contributed by atoms with Gasteiger partial charge >= 0.3 is 0 Å². The molecule has 1 aliphatic rings. The minimum absolute atomic E-state index is 0.222. The summed E-state index contributed by atoms with van der Waals surface area (Å²) in [7, 11) is 0. The van der Waals surface area contributed by atoms with E-state index in [4.69, 9.17) is 10.2 Å². The number of nitrogen functional groups attached to an aromatic ring is 1. The van der Waals surface area contributed by atoms with E-state index in [1.807, 2.05) is 0 Å². The van der Waals surface area contributed by atoms with Crippen LogP contribution in [0.25, 0.3) is 11.5 Å². The summed E-state index contributed by atoms with van der Waals surface area (Å²) in [5.74, 6) is 0.563.